The van der Waals surface area contributed by atoms with Crippen molar-refractivity contribution in [1.82, 2.24) is 9.80 Å². The van der Waals surface area contributed by atoms with Gasteiger partial charge in [-0.05, 0) is 66.3 Å². The van der Waals surface area contributed by atoms with E-state index in [4.69, 9.17) is 23.2 Å². The van der Waals surface area contributed by atoms with Crippen molar-refractivity contribution >= 4 is 46.7 Å². The first-order valence-electron chi connectivity index (χ1n) is 13.5. The molecule has 3 aromatic carbocycles. The average molecular weight is 576 g/mol. The standard InChI is InChI=1S/C31H27Cl2N3O4/c32-21-3-1-2-20(12-21)27-26-25(16-35(28(26)37)14-17-6-8-19(9-7-17)29(38)39)36(15-18-4-5-18)31(27)23-11-10-22(33)13-24(23)34-30(31)40/h1-3,6-13,18,25-27H,4-5,14-16H2,(H,34,40)(H,38,39)/t25-,26+,27-,31+/m0/s1. The van der Waals surface area contributed by atoms with E-state index in [0.717, 1.165) is 36.1 Å². The molecule has 4 atom stereocenters. The number of carboxylic acids is 1. The van der Waals surface area contributed by atoms with E-state index in [1.807, 2.05) is 35.2 Å². The summed E-state index contributed by atoms with van der Waals surface area (Å²) < 4.78 is 0. The fraction of sp³-hybridized carbons (Fsp3) is 0.323. The molecule has 40 heavy (non-hydrogen) atoms. The van der Waals surface area contributed by atoms with Gasteiger partial charge in [0.1, 0.15) is 5.54 Å². The Morgan fingerprint density at radius 1 is 1.00 bits per heavy atom. The first kappa shape index (κ1) is 25.6. The van der Waals surface area contributed by atoms with Gasteiger partial charge >= 0.3 is 5.97 Å². The minimum Gasteiger partial charge on any atom is -0.478 e. The number of fused-ring (bicyclic) bond motifs is 3. The number of amides is 2. The molecule has 3 heterocycles. The number of anilines is 1. The molecule has 9 heteroatoms. The molecule has 7 rings (SSSR count). The Balaban J connectivity index is 1.35. The van der Waals surface area contributed by atoms with Crippen LogP contribution in [0.3, 0.4) is 0 Å². The Morgan fingerprint density at radius 2 is 1.75 bits per heavy atom. The molecule has 4 aliphatic rings. The van der Waals surface area contributed by atoms with Gasteiger partial charge in [0, 0.05) is 52.9 Å². The van der Waals surface area contributed by atoms with Crippen LogP contribution in [0.2, 0.25) is 10.0 Å². The van der Waals surface area contributed by atoms with E-state index < -0.39 is 23.3 Å². The highest BCUT2D eigenvalue weighted by molar-refractivity contribution is 6.31. The predicted octanol–water partition coefficient (Wildman–Crippen LogP) is 5.38. The molecule has 3 fully saturated rings. The molecule has 2 saturated heterocycles. The van der Waals surface area contributed by atoms with Crippen LogP contribution in [0.4, 0.5) is 5.69 Å². The number of nitrogens with zero attached hydrogens (tertiary/aromatic N) is 2. The first-order chi connectivity index (χ1) is 19.3. The summed E-state index contributed by atoms with van der Waals surface area (Å²) in [5, 5.41) is 13.5. The maximum atomic E-state index is 14.3. The highest BCUT2D eigenvalue weighted by Gasteiger charge is 2.70. The van der Waals surface area contributed by atoms with Crippen LogP contribution in [0.5, 0.6) is 0 Å². The van der Waals surface area contributed by atoms with Gasteiger partial charge < -0.3 is 15.3 Å². The zero-order valence-corrected chi connectivity index (χ0v) is 23.0. The normalized spacial score (nSPS) is 27.2. The second-order valence-corrected chi connectivity index (χ2v) is 12.2. The van der Waals surface area contributed by atoms with Crippen molar-refractivity contribution in [2.75, 3.05) is 18.4 Å². The van der Waals surface area contributed by atoms with Crippen LogP contribution in [0, 0.1) is 11.8 Å². The van der Waals surface area contributed by atoms with Crippen molar-refractivity contribution in [1.29, 1.82) is 0 Å². The number of rotatable bonds is 6. The number of benzene rings is 3. The van der Waals surface area contributed by atoms with Crippen LogP contribution in [0.15, 0.2) is 66.7 Å². The van der Waals surface area contributed by atoms with Gasteiger partial charge in [-0.2, -0.15) is 0 Å². The lowest BCUT2D eigenvalue weighted by Crippen LogP contribution is -2.54. The molecule has 0 bridgehead atoms. The minimum atomic E-state index is -1.06. The zero-order valence-electron chi connectivity index (χ0n) is 21.5. The molecule has 0 radical (unpaired) electrons. The molecule has 204 valence electrons. The van der Waals surface area contributed by atoms with Gasteiger partial charge in [0.15, 0.2) is 0 Å². The maximum Gasteiger partial charge on any atom is 0.335 e. The van der Waals surface area contributed by atoms with Crippen molar-refractivity contribution in [3.63, 3.8) is 0 Å². The van der Waals surface area contributed by atoms with Crippen LogP contribution in [-0.2, 0) is 21.7 Å². The highest BCUT2D eigenvalue weighted by atomic mass is 35.5. The molecule has 3 aliphatic heterocycles. The van der Waals surface area contributed by atoms with E-state index >= 15 is 0 Å². The lowest BCUT2D eigenvalue weighted by Gasteiger charge is -2.41. The number of carboxylic acid groups (broad SMARTS) is 1. The van der Waals surface area contributed by atoms with Crippen LogP contribution in [0.1, 0.15) is 45.8 Å². The first-order valence-corrected chi connectivity index (χ1v) is 14.3. The molecular weight excluding hydrogens is 549 g/mol. The van der Waals surface area contributed by atoms with Crippen molar-refractivity contribution in [2.24, 2.45) is 11.8 Å². The number of carbonyl (C=O) groups excluding carboxylic acids is 2. The van der Waals surface area contributed by atoms with E-state index in [1.165, 1.54) is 0 Å². The quantitative estimate of drug-likeness (QED) is 0.412. The number of aromatic carboxylic acids is 1. The Labute approximate surface area is 241 Å². The van der Waals surface area contributed by atoms with Gasteiger partial charge in [0.05, 0.1) is 11.5 Å². The third kappa shape index (κ3) is 3.86. The summed E-state index contributed by atoms with van der Waals surface area (Å²) in [4.78, 5) is 44.0. The average Bonchev–Trinajstić information content (AvgIpc) is 3.56. The minimum absolute atomic E-state index is 0.00910. The van der Waals surface area contributed by atoms with Crippen molar-refractivity contribution in [2.45, 2.75) is 36.9 Å². The second kappa shape index (κ2) is 9.33. The second-order valence-electron chi connectivity index (χ2n) is 11.4. The lowest BCUT2D eigenvalue weighted by atomic mass is 9.71. The highest BCUT2D eigenvalue weighted by Crippen LogP contribution is 2.62. The van der Waals surface area contributed by atoms with Gasteiger partial charge in [-0.25, -0.2) is 4.79 Å². The molecule has 0 aromatic heterocycles. The predicted molar refractivity (Wildman–Crippen MR) is 151 cm³/mol. The Kier molecular flexibility index (Phi) is 5.97. The SMILES string of the molecule is O=C(O)c1ccc(CN2C[C@H]3[C@@H](C2=O)[C@H](c2cccc(Cl)c2)[C@]2(C(=O)Nc4cc(Cl)ccc42)N3CC2CC2)cc1. The van der Waals surface area contributed by atoms with E-state index in [9.17, 15) is 19.5 Å². The number of hydrogen-bond donors (Lipinski definition) is 2. The van der Waals surface area contributed by atoms with Crippen LogP contribution in [-0.4, -0.2) is 51.8 Å². The van der Waals surface area contributed by atoms with Gasteiger partial charge in [0.25, 0.3) is 0 Å². The smallest absolute Gasteiger partial charge is 0.335 e. The monoisotopic (exact) mass is 575 g/mol. The summed E-state index contributed by atoms with van der Waals surface area (Å²) in [7, 11) is 0. The summed E-state index contributed by atoms with van der Waals surface area (Å²) in [5.74, 6) is -1.56. The molecule has 0 unspecified atom stereocenters. The molecule has 7 nitrogen and oxygen atoms in total. The molecule has 1 saturated carbocycles. The largest absolute Gasteiger partial charge is 0.478 e. The molecule has 2 amide bonds. The molecule has 1 spiro atoms. The van der Waals surface area contributed by atoms with Crippen LogP contribution in [0.25, 0.3) is 0 Å². The maximum absolute atomic E-state index is 14.3. The van der Waals surface area contributed by atoms with E-state index in [0.29, 0.717) is 34.7 Å². The fourth-order valence-corrected chi connectivity index (χ4v) is 7.54. The number of nitrogens with one attached hydrogen (secondary N) is 1. The zero-order chi connectivity index (χ0) is 27.8. The van der Waals surface area contributed by atoms with Gasteiger partial charge in [-0.1, -0.05) is 53.5 Å². The van der Waals surface area contributed by atoms with Crippen LogP contribution < -0.4 is 5.32 Å². The molecule has 3 aromatic rings. The topological polar surface area (TPSA) is 90.0 Å². The Hall–Kier alpha value is -3.39. The Bertz CT molecular complexity index is 1560. The molecule has 1 aliphatic carbocycles. The third-order valence-corrected chi connectivity index (χ3v) is 9.47. The summed E-state index contributed by atoms with van der Waals surface area (Å²) in [6.45, 7) is 1.57. The van der Waals surface area contributed by atoms with Crippen molar-refractivity contribution < 1.29 is 19.5 Å². The summed E-state index contributed by atoms with van der Waals surface area (Å²) in [5.41, 5.74) is 2.41. The van der Waals surface area contributed by atoms with Crippen LogP contribution >= 0.6 is 23.2 Å². The van der Waals surface area contributed by atoms with Gasteiger partial charge in [-0.3, -0.25) is 14.5 Å². The Morgan fingerprint density at radius 3 is 2.45 bits per heavy atom. The number of carbonyl (C=O) groups is 3. The van der Waals surface area contributed by atoms with Gasteiger partial charge in [0.2, 0.25) is 11.8 Å². The summed E-state index contributed by atoms with van der Waals surface area (Å²) >= 11 is 12.8. The van der Waals surface area contributed by atoms with E-state index in [2.05, 4.69) is 10.2 Å². The third-order valence-electron chi connectivity index (χ3n) is 9.00. The van der Waals surface area contributed by atoms with Crippen molar-refractivity contribution in [3.8, 4) is 0 Å². The fourth-order valence-electron chi connectivity index (χ4n) is 7.17. The van der Waals surface area contributed by atoms with Gasteiger partial charge in [-0.15, -0.1) is 0 Å². The summed E-state index contributed by atoms with van der Waals surface area (Å²) in [6.07, 6.45) is 2.21. The molecular formula is C31H27Cl2N3O4. The van der Waals surface area contributed by atoms with Crippen molar-refractivity contribution in [3.05, 3.63) is 99.0 Å². The lowest BCUT2D eigenvalue weighted by molar-refractivity contribution is -0.133. The molecule has 2 N–H and O–H groups in total. The number of likely N-dealkylation sites (tertiary alicyclic amines) is 2. The number of hydrogen-bond acceptors (Lipinski definition) is 4. The summed E-state index contributed by atoms with van der Waals surface area (Å²) in [6, 6.07) is 19.5. The van der Waals surface area contributed by atoms with E-state index in [-0.39, 0.29) is 23.4 Å². The van der Waals surface area contributed by atoms with E-state index in [1.54, 1.807) is 36.4 Å². The number of halogens is 2.